The molecule has 0 aliphatic rings. The van der Waals surface area contributed by atoms with E-state index in [-0.39, 0.29) is 24.4 Å². The lowest BCUT2D eigenvalue weighted by Gasteiger charge is -2.06. The molecule has 1 aromatic rings. The van der Waals surface area contributed by atoms with Crippen LogP contribution >= 0.6 is 0 Å². The molecule has 0 amide bonds. The number of carboxylic acids is 1. The van der Waals surface area contributed by atoms with Gasteiger partial charge in [0, 0.05) is 18.8 Å². The van der Waals surface area contributed by atoms with Crippen molar-refractivity contribution in [2.24, 2.45) is 0 Å². The highest BCUT2D eigenvalue weighted by molar-refractivity contribution is 5.86. The van der Waals surface area contributed by atoms with Crippen LogP contribution in [0.25, 0.3) is 0 Å². The van der Waals surface area contributed by atoms with Gasteiger partial charge in [0.2, 0.25) is 0 Å². The third-order valence-electron chi connectivity index (χ3n) is 1.69. The molecule has 8 heteroatoms. The van der Waals surface area contributed by atoms with Gasteiger partial charge in [-0.2, -0.15) is 13.2 Å². The minimum atomic E-state index is -4.35. The largest absolute Gasteiger partial charge is 0.478 e. The predicted octanol–water partition coefficient (Wildman–Crippen LogP) is 1.30. The molecule has 0 spiro atoms. The van der Waals surface area contributed by atoms with E-state index in [9.17, 15) is 18.0 Å². The maximum Gasteiger partial charge on any atom is 0.411 e. The summed E-state index contributed by atoms with van der Waals surface area (Å²) >= 11 is 0. The van der Waals surface area contributed by atoms with Crippen molar-refractivity contribution >= 4 is 5.97 Å². The second-order valence-corrected chi connectivity index (χ2v) is 3.11. The van der Waals surface area contributed by atoms with Gasteiger partial charge in [-0.1, -0.05) is 0 Å². The lowest BCUT2D eigenvalue weighted by Crippen LogP contribution is -2.18. The Morgan fingerprint density at radius 1 is 1.35 bits per heavy atom. The number of ether oxygens (including phenoxy) is 1. The molecule has 0 unspecified atom stereocenters. The van der Waals surface area contributed by atoms with Crippen LogP contribution in [-0.2, 0) is 11.2 Å². The number of nitrogens with zero attached hydrogens (tertiary/aromatic N) is 2. The maximum absolute atomic E-state index is 11.7. The van der Waals surface area contributed by atoms with Crippen molar-refractivity contribution in [1.82, 2.24) is 9.97 Å². The Hall–Kier alpha value is -1.70. The zero-order chi connectivity index (χ0) is 12.9. The summed E-state index contributed by atoms with van der Waals surface area (Å²) in [7, 11) is 0. The van der Waals surface area contributed by atoms with E-state index in [0.29, 0.717) is 0 Å². The van der Waals surface area contributed by atoms with Gasteiger partial charge in [0.15, 0.2) is 0 Å². The third-order valence-corrected chi connectivity index (χ3v) is 1.69. The fourth-order valence-electron chi connectivity index (χ4n) is 0.946. The molecule has 1 N–H and O–H groups in total. The van der Waals surface area contributed by atoms with Crippen LogP contribution in [-0.4, -0.2) is 40.4 Å². The minimum Gasteiger partial charge on any atom is -0.478 e. The Morgan fingerprint density at radius 2 is 1.94 bits per heavy atom. The molecule has 17 heavy (non-hydrogen) atoms. The maximum atomic E-state index is 11.7. The van der Waals surface area contributed by atoms with Crippen LogP contribution < -0.4 is 0 Å². The molecule has 0 fully saturated rings. The summed E-state index contributed by atoms with van der Waals surface area (Å²) in [5.41, 5.74) is -0.0787. The molecule has 94 valence electrons. The molecule has 5 nitrogen and oxygen atoms in total. The molecule has 1 heterocycles. The van der Waals surface area contributed by atoms with E-state index in [4.69, 9.17) is 5.11 Å². The Labute approximate surface area is 94.3 Å². The number of carboxylic acid groups (broad SMARTS) is 1. The molecule has 0 bridgehead atoms. The SMILES string of the molecule is O=C(O)c1cnc(CCOCC(F)(F)F)nc1. The average molecular weight is 250 g/mol. The molecule has 0 aromatic carbocycles. The molecule has 1 aromatic heterocycles. The first kappa shape index (κ1) is 13.4. The number of hydrogen-bond acceptors (Lipinski definition) is 4. The quantitative estimate of drug-likeness (QED) is 0.797. The van der Waals surface area contributed by atoms with Crippen LogP contribution in [0.5, 0.6) is 0 Å². The fourth-order valence-corrected chi connectivity index (χ4v) is 0.946. The Kier molecular flexibility index (Phi) is 4.38. The van der Waals surface area contributed by atoms with E-state index >= 15 is 0 Å². The number of halogens is 3. The van der Waals surface area contributed by atoms with E-state index in [1.165, 1.54) is 0 Å². The van der Waals surface area contributed by atoms with Gasteiger partial charge in [0.1, 0.15) is 12.4 Å². The van der Waals surface area contributed by atoms with Gasteiger partial charge < -0.3 is 9.84 Å². The standard InChI is InChI=1S/C9H9F3N2O3/c10-9(11,12)5-17-2-1-7-13-3-6(4-14-7)8(15)16/h3-4H,1-2,5H2,(H,15,16). The zero-order valence-electron chi connectivity index (χ0n) is 8.57. The lowest BCUT2D eigenvalue weighted by atomic mass is 10.3. The molecule has 0 aliphatic carbocycles. The topological polar surface area (TPSA) is 72.3 Å². The van der Waals surface area contributed by atoms with Crippen molar-refractivity contribution in [2.75, 3.05) is 13.2 Å². The van der Waals surface area contributed by atoms with Crippen molar-refractivity contribution in [3.63, 3.8) is 0 Å². The van der Waals surface area contributed by atoms with Crippen LogP contribution in [0.3, 0.4) is 0 Å². The van der Waals surface area contributed by atoms with Crippen molar-refractivity contribution < 1.29 is 27.8 Å². The van der Waals surface area contributed by atoms with E-state index in [2.05, 4.69) is 14.7 Å². The first-order valence-corrected chi connectivity index (χ1v) is 4.57. The normalized spacial score (nSPS) is 11.5. The summed E-state index contributed by atoms with van der Waals surface area (Å²) < 4.78 is 39.5. The van der Waals surface area contributed by atoms with Crippen LogP contribution in [0.4, 0.5) is 13.2 Å². The fraction of sp³-hybridized carbons (Fsp3) is 0.444. The summed E-state index contributed by atoms with van der Waals surface area (Å²) in [6.45, 7) is -1.49. The lowest BCUT2D eigenvalue weighted by molar-refractivity contribution is -0.173. The number of rotatable bonds is 5. The first-order valence-electron chi connectivity index (χ1n) is 4.57. The monoisotopic (exact) mass is 250 g/mol. The van der Waals surface area contributed by atoms with Gasteiger partial charge in [0.25, 0.3) is 0 Å². The molecule has 0 radical (unpaired) electrons. The highest BCUT2D eigenvalue weighted by atomic mass is 19.4. The van der Waals surface area contributed by atoms with Crippen LogP contribution in [0, 0.1) is 0 Å². The smallest absolute Gasteiger partial charge is 0.411 e. The van der Waals surface area contributed by atoms with Crippen molar-refractivity contribution in [2.45, 2.75) is 12.6 Å². The second-order valence-electron chi connectivity index (χ2n) is 3.11. The number of alkyl halides is 3. The second kappa shape index (κ2) is 5.58. The summed E-state index contributed by atoms with van der Waals surface area (Å²) in [6.07, 6.45) is -2.08. The average Bonchev–Trinajstić information content (AvgIpc) is 2.24. The number of hydrogen-bond donors (Lipinski definition) is 1. The molecule has 0 saturated heterocycles. The third kappa shape index (κ3) is 5.25. The molecule has 1 rings (SSSR count). The first-order chi connectivity index (χ1) is 7.88. The molecular weight excluding hydrogens is 241 g/mol. The predicted molar refractivity (Wildman–Crippen MR) is 49.6 cm³/mol. The van der Waals surface area contributed by atoms with E-state index in [1.54, 1.807) is 0 Å². The number of carbonyl (C=O) groups is 1. The number of aromatic carboxylic acids is 1. The van der Waals surface area contributed by atoms with Crippen molar-refractivity contribution in [3.05, 3.63) is 23.8 Å². The summed E-state index contributed by atoms with van der Waals surface area (Å²) in [5.74, 6) is -0.929. The van der Waals surface area contributed by atoms with Gasteiger partial charge in [-0.15, -0.1) is 0 Å². The molecular formula is C9H9F3N2O3. The van der Waals surface area contributed by atoms with E-state index in [0.717, 1.165) is 12.4 Å². The Morgan fingerprint density at radius 3 is 2.41 bits per heavy atom. The van der Waals surface area contributed by atoms with Crippen LogP contribution in [0.2, 0.25) is 0 Å². The van der Waals surface area contributed by atoms with Crippen LogP contribution in [0.15, 0.2) is 12.4 Å². The summed E-state index contributed by atoms with van der Waals surface area (Å²) in [4.78, 5) is 17.8. The Bertz CT molecular complexity index is 378. The van der Waals surface area contributed by atoms with E-state index in [1.807, 2.05) is 0 Å². The van der Waals surface area contributed by atoms with Gasteiger partial charge in [-0.05, 0) is 0 Å². The van der Waals surface area contributed by atoms with E-state index < -0.39 is 18.8 Å². The molecule has 0 aliphatic heterocycles. The van der Waals surface area contributed by atoms with Crippen molar-refractivity contribution in [1.29, 1.82) is 0 Å². The van der Waals surface area contributed by atoms with Gasteiger partial charge in [-0.3, -0.25) is 0 Å². The molecule has 0 atom stereocenters. The van der Waals surface area contributed by atoms with Gasteiger partial charge in [-0.25, -0.2) is 14.8 Å². The van der Waals surface area contributed by atoms with Gasteiger partial charge in [0.05, 0.1) is 12.2 Å². The minimum absolute atomic E-state index is 0.0787. The van der Waals surface area contributed by atoms with Crippen LogP contribution in [0.1, 0.15) is 16.2 Å². The van der Waals surface area contributed by atoms with Crippen molar-refractivity contribution in [3.8, 4) is 0 Å². The number of aromatic nitrogens is 2. The Balaban J connectivity index is 2.35. The molecule has 0 saturated carbocycles. The zero-order valence-corrected chi connectivity index (χ0v) is 8.57. The van der Waals surface area contributed by atoms with Gasteiger partial charge >= 0.3 is 12.1 Å². The summed E-state index contributed by atoms with van der Waals surface area (Å²) in [5, 5.41) is 8.55. The summed E-state index contributed by atoms with van der Waals surface area (Å²) in [6, 6.07) is 0. The highest BCUT2D eigenvalue weighted by Crippen LogP contribution is 2.14. The highest BCUT2D eigenvalue weighted by Gasteiger charge is 2.27.